The van der Waals surface area contributed by atoms with Gasteiger partial charge in [-0.25, -0.2) is 0 Å². The van der Waals surface area contributed by atoms with Crippen LogP contribution < -0.4 is 4.74 Å². The number of fused-ring (bicyclic) bond motifs is 1. The van der Waals surface area contributed by atoms with E-state index in [1.54, 1.807) is 0 Å². The Labute approximate surface area is 187 Å². The number of hydrogen-bond donors (Lipinski definition) is 0. The first-order valence-electron chi connectivity index (χ1n) is 10.0. The van der Waals surface area contributed by atoms with Crippen molar-refractivity contribution in [1.29, 1.82) is 0 Å². The predicted octanol–water partition coefficient (Wildman–Crippen LogP) is 6.55. The van der Waals surface area contributed by atoms with E-state index in [0.717, 1.165) is 37.2 Å². The lowest BCUT2D eigenvalue weighted by Crippen LogP contribution is -2.29. The number of hydrogen-bond acceptors (Lipinski definition) is 2. The fourth-order valence-electron chi connectivity index (χ4n) is 4.19. The highest BCUT2D eigenvalue weighted by Crippen LogP contribution is 2.40. The minimum absolute atomic E-state index is 0. The monoisotopic (exact) mass is 447 g/mol. The van der Waals surface area contributed by atoms with E-state index in [1.165, 1.54) is 23.3 Å². The minimum atomic E-state index is -4.35. The van der Waals surface area contributed by atoms with E-state index in [9.17, 15) is 13.2 Å². The number of alkyl halides is 3. The Bertz CT molecular complexity index is 976. The van der Waals surface area contributed by atoms with E-state index >= 15 is 0 Å². The van der Waals surface area contributed by atoms with E-state index in [0.29, 0.717) is 5.75 Å². The molecule has 0 unspecified atom stereocenters. The van der Waals surface area contributed by atoms with Crippen LogP contribution in [0.4, 0.5) is 13.2 Å². The fourth-order valence-corrected chi connectivity index (χ4v) is 4.19. The standard InChI is InChI=1S/C25H24F3NO.ClH/c1-29(16-18-7-3-2-4-8-18)17-20-15-19-9-5-6-10-23(19)24(20)30-22-13-11-21(12-14-22)25(26,27)28;/h2-14,20,24H,15-17H2,1H3;1H/t20-,24+;/m1./s1. The van der Waals surface area contributed by atoms with Crippen LogP contribution in [-0.4, -0.2) is 18.5 Å². The van der Waals surface area contributed by atoms with Gasteiger partial charge < -0.3 is 9.64 Å². The van der Waals surface area contributed by atoms with Crippen molar-refractivity contribution in [3.8, 4) is 5.75 Å². The highest BCUT2D eigenvalue weighted by Gasteiger charge is 2.35. The number of rotatable bonds is 6. The highest BCUT2D eigenvalue weighted by atomic mass is 35.5. The summed E-state index contributed by atoms with van der Waals surface area (Å²) in [5.74, 6) is 0.679. The zero-order valence-corrected chi connectivity index (χ0v) is 18.0. The Hall–Kier alpha value is -2.50. The Balaban J connectivity index is 0.00000272. The zero-order chi connectivity index (χ0) is 21.1. The third kappa shape index (κ3) is 5.60. The van der Waals surface area contributed by atoms with Crippen molar-refractivity contribution >= 4 is 12.4 Å². The summed E-state index contributed by atoms with van der Waals surface area (Å²) < 4.78 is 44.8. The largest absolute Gasteiger partial charge is 0.485 e. The summed E-state index contributed by atoms with van der Waals surface area (Å²) in [6.45, 7) is 1.66. The smallest absolute Gasteiger partial charge is 0.416 e. The maximum atomic E-state index is 12.9. The molecular formula is C25H25ClF3NO. The lowest BCUT2D eigenvalue weighted by molar-refractivity contribution is -0.137. The van der Waals surface area contributed by atoms with Gasteiger partial charge in [-0.15, -0.1) is 12.4 Å². The molecule has 0 aliphatic heterocycles. The SMILES string of the molecule is CN(Cc1ccccc1)C[C@H]1Cc2ccccc2[C@H]1Oc1ccc(C(F)(F)F)cc1.Cl. The van der Waals surface area contributed by atoms with Gasteiger partial charge in [-0.1, -0.05) is 54.6 Å². The number of ether oxygens (including phenoxy) is 1. The first kappa shape index (κ1) is 23.2. The second-order valence-corrected chi connectivity index (χ2v) is 7.91. The maximum absolute atomic E-state index is 12.9. The van der Waals surface area contributed by atoms with Crippen LogP contribution in [0.2, 0.25) is 0 Å². The molecule has 4 rings (SSSR count). The van der Waals surface area contributed by atoms with Crippen molar-refractivity contribution in [1.82, 2.24) is 4.90 Å². The first-order chi connectivity index (χ1) is 14.4. The minimum Gasteiger partial charge on any atom is -0.485 e. The second kappa shape index (κ2) is 9.75. The molecule has 0 spiro atoms. The number of halogens is 4. The van der Waals surface area contributed by atoms with Crippen LogP contribution >= 0.6 is 12.4 Å². The van der Waals surface area contributed by atoms with Crippen molar-refractivity contribution in [2.45, 2.75) is 25.2 Å². The molecule has 164 valence electrons. The molecule has 2 nitrogen and oxygen atoms in total. The molecule has 31 heavy (non-hydrogen) atoms. The highest BCUT2D eigenvalue weighted by molar-refractivity contribution is 5.85. The van der Waals surface area contributed by atoms with Crippen LogP contribution in [-0.2, 0) is 19.1 Å². The Kier molecular flexibility index (Phi) is 7.29. The van der Waals surface area contributed by atoms with E-state index in [2.05, 4.69) is 36.2 Å². The summed E-state index contributed by atoms with van der Waals surface area (Å²) in [7, 11) is 2.09. The molecule has 0 bridgehead atoms. The van der Waals surface area contributed by atoms with Crippen molar-refractivity contribution in [3.05, 3.63) is 101 Å². The van der Waals surface area contributed by atoms with Crippen molar-refractivity contribution in [3.63, 3.8) is 0 Å². The van der Waals surface area contributed by atoms with Gasteiger partial charge in [-0.05, 0) is 54.4 Å². The summed E-state index contributed by atoms with van der Waals surface area (Å²) in [5, 5.41) is 0. The summed E-state index contributed by atoms with van der Waals surface area (Å²) in [6, 6.07) is 23.4. The van der Waals surface area contributed by atoms with E-state index in [1.807, 2.05) is 30.3 Å². The molecule has 0 N–H and O–H groups in total. The predicted molar refractivity (Wildman–Crippen MR) is 118 cm³/mol. The lowest BCUT2D eigenvalue weighted by Gasteiger charge is -2.27. The van der Waals surface area contributed by atoms with Gasteiger partial charge in [0.15, 0.2) is 0 Å². The molecule has 3 aromatic carbocycles. The van der Waals surface area contributed by atoms with Crippen LogP contribution in [0.3, 0.4) is 0 Å². The molecule has 1 aliphatic carbocycles. The van der Waals surface area contributed by atoms with Crippen LogP contribution in [0.25, 0.3) is 0 Å². The number of nitrogens with zero attached hydrogens (tertiary/aromatic N) is 1. The van der Waals surface area contributed by atoms with Crippen molar-refractivity contribution < 1.29 is 17.9 Å². The summed E-state index contributed by atoms with van der Waals surface area (Å²) in [5.41, 5.74) is 2.94. The Morgan fingerprint density at radius 1 is 0.903 bits per heavy atom. The van der Waals surface area contributed by atoms with Gasteiger partial charge >= 0.3 is 6.18 Å². The van der Waals surface area contributed by atoms with Gasteiger partial charge in [0.25, 0.3) is 0 Å². The topological polar surface area (TPSA) is 12.5 Å². The molecule has 0 aromatic heterocycles. The van der Waals surface area contributed by atoms with Crippen LogP contribution in [0.1, 0.15) is 28.4 Å². The molecule has 3 aromatic rings. The van der Waals surface area contributed by atoms with Crippen molar-refractivity contribution in [2.75, 3.05) is 13.6 Å². The number of benzene rings is 3. The molecule has 0 radical (unpaired) electrons. The second-order valence-electron chi connectivity index (χ2n) is 7.91. The molecule has 1 aliphatic rings. The maximum Gasteiger partial charge on any atom is 0.416 e. The lowest BCUT2D eigenvalue weighted by atomic mass is 10.0. The molecule has 6 heteroatoms. The Morgan fingerprint density at radius 3 is 2.23 bits per heavy atom. The summed E-state index contributed by atoms with van der Waals surface area (Å²) in [6.07, 6.45) is -3.64. The van der Waals surface area contributed by atoms with Crippen molar-refractivity contribution in [2.24, 2.45) is 5.92 Å². The molecule has 0 saturated heterocycles. The van der Waals surface area contributed by atoms with E-state index < -0.39 is 11.7 Å². The molecule has 2 atom stereocenters. The van der Waals surface area contributed by atoms with Crippen LogP contribution in [0, 0.1) is 5.92 Å². The molecular weight excluding hydrogens is 423 g/mol. The quantitative estimate of drug-likeness (QED) is 0.424. The van der Waals surface area contributed by atoms with Gasteiger partial charge in [-0.3, -0.25) is 0 Å². The zero-order valence-electron chi connectivity index (χ0n) is 17.2. The molecule has 0 fully saturated rings. The van der Waals surface area contributed by atoms with Gasteiger partial charge in [0, 0.05) is 19.0 Å². The van der Waals surface area contributed by atoms with Gasteiger partial charge in [0.05, 0.1) is 5.56 Å². The van der Waals surface area contributed by atoms with Gasteiger partial charge in [-0.2, -0.15) is 13.2 Å². The molecule has 0 amide bonds. The van der Waals surface area contributed by atoms with Gasteiger partial charge in [0.2, 0.25) is 0 Å². The third-order valence-electron chi connectivity index (χ3n) is 5.56. The Morgan fingerprint density at radius 2 is 1.55 bits per heavy atom. The van der Waals surface area contributed by atoms with E-state index in [4.69, 9.17) is 4.74 Å². The van der Waals surface area contributed by atoms with E-state index in [-0.39, 0.29) is 24.4 Å². The molecule has 0 heterocycles. The third-order valence-corrected chi connectivity index (χ3v) is 5.56. The average molecular weight is 448 g/mol. The fraction of sp³-hybridized carbons (Fsp3) is 0.280. The summed E-state index contributed by atoms with van der Waals surface area (Å²) >= 11 is 0. The van der Waals surface area contributed by atoms with Gasteiger partial charge in [0.1, 0.15) is 11.9 Å². The first-order valence-corrected chi connectivity index (χ1v) is 10.0. The summed E-state index contributed by atoms with van der Waals surface area (Å²) in [4.78, 5) is 2.27. The average Bonchev–Trinajstić information content (AvgIpc) is 3.05. The van der Waals surface area contributed by atoms with Crippen LogP contribution in [0.5, 0.6) is 5.75 Å². The molecule has 0 saturated carbocycles. The normalized spacial score (nSPS) is 17.8. The van der Waals surface area contributed by atoms with Crippen LogP contribution in [0.15, 0.2) is 78.9 Å².